The van der Waals surface area contributed by atoms with E-state index in [-0.39, 0.29) is 18.1 Å². The van der Waals surface area contributed by atoms with Crippen molar-refractivity contribution in [3.05, 3.63) is 83.9 Å². The molecular weight excluding hydrogens is 346 g/mol. The second-order valence-electron chi connectivity index (χ2n) is 8.13. The van der Waals surface area contributed by atoms with Gasteiger partial charge in [0.25, 0.3) is 0 Å². The van der Waals surface area contributed by atoms with Crippen LogP contribution in [0.3, 0.4) is 0 Å². The van der Waals surface area contributed by atoms with E-state index in [1.807, 2.05) is 45.9 Å². The Hall–Kier alpha value is -2.39. The molecule has 0 radical (unpaired) electrons. The van der Waals surface area contributed by atoms with E-state index in [2.05, 4.69) is 66.4 Å². The Morgan fingerprint density at radius 3 is 2.14 bits per heavy atom. The maximum absolute atomic E-state index is 12.6. The Labute approximate surface area is 170 Å². The van der Waals surface area contributed by atoms with Gasteiger partial charge in [0.15, 0.2) is 0 Å². The van der Waals surface area contributed by atoms with E-state index in [4.69, 9.17) is 4.74 Å². The van der Waals surface area contributed by atoms with Gasteiger partial charge in [-0.05, 0) is 45.7 Å². The zero-order valence-electron chi connectivity index (χ0n) is 17.8. The molecule has 0 aromatic heterocycles. The lowest BCUT2D eigenvalue weighted by Crippen LogP contribution is -2.38. The van der Waals surface area contributed by atoms with Crippen molar-refractivity contribution in [1.29, 1.82) is 0 Å². The number of rotatable bonds is 8. The van der Waals surface area contributed by atoms with E-state index in [9.17, 15) is 4.79 Å². The molecule has 2 aromatic rings. The summed E-state index contributed by atoms with van der Waals surface area (Å²) in [5.74, 6) is -0.172. The van der Waals surface area contributed by atoms with Crippen LogP contribution in [0, 0.1) is 0 Å². The Balaban J connectivity index is 2.31. The van der Waals surface area contributed by atoms with Crippen LogP contribution in [0.25, 0.3) is 0 Å². The Kier molecular flexibility index (Phi) is 8.01. The van der Waals surface area contributed by atoms with E-state index in [1.165, 1.54) is 11.1 Å². The summed E-state index contributed by atoms with van der Waals surface area (Å²) in [5.41, 5.74) is 1.98. The summed E-state index contributed by atoms with van der Waals surface area (Å²) in [6.07, 6.45) is 4.45. The Morgan fingerprint density at radius 2 is 1.61 bits per heavy atom. The highest BCUT2D eigenvalue weighted by atomic mass is 16.6. The quantitative estimate of drug-likeness (QED) is 0.421. The molecule has 0 N–H and O–H groups in total. The molecule has 0 aliphatic carbocycles. The standard InChI is InChI=1S/C25H33NO2/c1-6-13-23(18-24(27)28-25(3,4)5)26(19-21-14-9-7-10-15-21)20(2)22-16-11-8-12-17-22/h6-17,20,23H,18-19H2,1-5H3/b13-6+/t20-,23-/m1/s1. The van der Waals surface area contributed by atoms with Gasteiger partial charge in [-0.1, -0.05) is 72.8 Å². The van der Waals surface area contributed by atoms with Crippen LogP contribution < -0.4 is 0 Å². The van der Waals surface area contributed by atoms with Crippen LogP contribution in [-0.4, -0.2) is 22.5 Å². The fraction of sp³-hybridized carbons (Fsp3) is 0.400. The fourth-order valence-electron chi connectivity index (χ4n) is 3.33. The molecule has 2 rings (SSSR count). The van der Waals surface area contributed by atoms with Gasteiger partial charge in [0.2, 0.25) is 0 Å². The second kappa shape index (κ2) is 10.2. The van der Waals surface area contributed by atoms with E-state index in [0.717, 1.165) is 6.54 Å². The van der Waals surface area contributed by atoms with E-state index in [1.54, 1.807) is 0 Å². The lowest BCUT2D eigenvalue weighted by Gasteiger charge is -2.35. The maximum Gasteiger partial charge on any atom is 0.308 e. The molecule has 3 heteroatoms. The molecule has 28 heavy (non-hydrogen) atoms. The zero-order valence-corrected chi connectivity index (χ0v) is 17.8. The molecule has 0 aliphatic heterocycles. The van der Waals surface area contributed by atoms with Crippen LogP contribution >= 0.6 is 0 Å². The van der Waals surface area contributed by atoms with Crippen LogP contribution in [-0.2, 0) is 16.1 Å². The van der Waals surface area contributed by atoms with Gasteiger partial charge in [0.05, 0.1) is 6.42 Å². The Bertz CT molecular complexity index is 747. The molecule has 0 saturated heterocycles. The van der Waals surface area contributed by atoms with Crippen molar-refractivity contribution in [3.8, 4) is 0 Å². The number of carbonyl (C=O) groups excluding carboxylic acids is 1. The van der Waals surface area contributed by atoms with Gasteiger partial charge in [-0.25, -0.2) is 0 Å². The number of hydrogen-bond acceptors (Lipinski definition) is 3. The molecule has 0 heterocycles. The summed E-state index contributed by atoms with van der Waals surface area (Å²) >= 11 is 0. The first-order chi connectivity index (χ1) is 13.3. The van der Waals surface area contributed by atoms with Crippen LogP contribution in [0.1, 0.15) is 58.2 Å². The van der Waals surface area contributed by atoms with Crippen LogP contribution in [0.15, 0.2) is 72.8 Å². The van der Waals surface area contributed by atoms with Crippen molar-refractivity contribution in [2.24, 2.45) is 0 Å². The summed E-state index contributed by atoms with van der Waals surface area (Å²) in [7, 11) is 0. The highest BCUT2D eigenvalue weighted by Gasteiger charge is 2.27. The van der Waals surface area contributed by atoms with Gasteiger partial charge >= 0.3 is 5.97 Å². The highest BCUT2D eigenvalue weighted by molar-refractivity contribution is 5.71. The van der Waals surface area contributed by atoms with Gasteiger partial charge in [-0.15, -0.1) is 0 Å². The largest absolute Gasteiger partial charge is 0.460 e. The van der Waals surface area contributed by atoms with Crippen molar-refractivity contribution in [2.45, 2.75) is 65.3 Å². The van der Waals surface area contributed by atoms with Crippen molar-refractivity contribution < 1.29 is 9.53 Å². The van der Waals surface area contributed by atoms with Gasteiger partial charge in [-0.3, -0.25) is 9.69 Å². The average Bonchev–Trinajstić information content (AvgIpc) is 2.65. The SMILES string of the molecule is C/C=C/[C@H](CC(=O)OC(C)(C)C)N(Cc1ccccc1)[C@H](C)c1ccccc1. The molecule has 0 saturated carbocycles. The number of hydrogen-bond donors (Lipinski definition) is 0. The zero-order chi connectivity index (χ0) is 20.6. The third-order valence-electron chi connectivity index (χ3n) is 4.62. The maximum atomic E-state index is 12.6. The lowest BCUT2D eigenvalue weighted by atomic mass is 10.0. The van der Waals surface area contributed by atoms with Crippen LogP contribution in [0.5, 0.6) is 0 Å². The Morgan fingerprint density at radius 1 is 1.04 bits per heavy atom. The number of nitrogens with zero attached hydrogens (tertiary/aromatic N) is 1. The molecule has 0 aliphatic rings. The van der Waals surface area contributed by atoms with Crippen molar-refractivity contribution in [2.75, 3.05) is 0 Å². The molecule has 3 nitrogen and oxygen atoms in total. The number of carbonyl (C=O) groups is 1. The van der Waals surface area contributed by atoms with Crippen molar-refractivity contribution >= 4 is 5.97 Å². The number of allylic oxidation sites excluding steroid dienone is 1. The number of esters is 1. The lowest BCUT2D eigenvalue weighted by molar-refractivity contribution is -0.156. The molecular formula is C25H33NO2. The fourth-order valence-corrected chi connectivity index (χ4v) is 3.33. The summed E-state index contributed by atoms with van der Waals surface area (Å²) in [6.45, 7) is 10.7. The minimum Gasteiger partial charge on any atom is -0.460 e. The topological polar surface area (TPSA) is 29.5 Å². The predicted molar refractivity (Wildman–Crippen MR) is 116 cm³/mol. The summed E-state index contributed by atoms with van der Waals surface area (Å²) in [5, 5.41) is 0. The molecule has 2 aromatic carbocycles. The minimum absolute atomic E-state index is 0.0461. The summed E-state index contributed by atoms with van der Waals surface area (Å²) < 4.78 is 5.60. The highest BCUT2D eigenvalue weighted by Crippen LogP contribution is 2.27. The number of benzene rings is 2. The normalized spacial score (nSPS) is 14.2. The summed E-state index contributed by atoms with van der Waals surface area (Å²) in [6, 6.07) is 20.9. The third kappa shape index (κ3) is 6.97. The first-order valence-electron chi connectivity index (χ1n) is 9.99. The average molecular weight is 380 g/mol. The predicted octanol–water partition coefficient (Wildman–Crippen LogP) is 5.93. The van der Waals surface area contributed by atoms with E-state index >= 15 is 0 Å². The minimum atomic E-state index is -0.479. The monoisotopic (exact) mass is 379 g/mol. The molecule has 150 valence electrons. The molecule has 0 bridgehead atoms. The number of ether oxygens (including phenoxy) is 1. The van der Waals surface area contributed by atoms with Gasteiger partial charge in [0.1, 0.15) is 5.60 Å². The smallest absolute Gasteiger partial charge is 0.308 e. The van der Waals surface area contributed by atoms with Gasteiger partial charge in [-0.2, -0.15) is 0 Å². The second-order valence-corrected chi connectivity index (χ2v) is 8.13. The van der Waals surface area contributed by atoms with Crippen molar-refractivity contribution in [3.63, 3.8) is 0 Å². The third-order valence-corrected chi connectivity index (χ3v) is 4.62. The van der Waals surface area contributed by atoms with Crippen LogP contribution in [0.4, 0.5) is 0 Å². The van der Waals surface area contributed by atoms with Gasteiger partial charge < -0.3 is 4.74 Å². The first-order valence-corrected chi connectivity index (χ1v) is 9.99. The van der Waals surface area contributed by atoms with Gasteiger partial charge in [0, 0.05) is 18.6 Å². The van der Waals surface area contributed by atoms with E-state index in [0.29, 0.717) is 6.42 Å². The molecule has 0 spiro atoms. The van der Waals surface area contributed by atoms with Crippen LogP contribution in [0.2, 0.25) is 0 Å². The molecule has 0 fully saturated rings. The molecule has 2 atom stereocenters. The molecule has 0 amide bonds. The van der Waals surface area contributed by atoms with E-state index < -0.39 is 5.60 Å². The van der Waals surface area contributed by atoms with Crippen molar-refractivity contribution in [1.82, 2.24) is 4.90 Å². The summed E-state index contributed by atoms with van der Waals surface area (Å²) in [4.78, 5) is 14.9. The molecule has 0 unspecified atom stereocenters. The first kappa shape index (κ1) is 21.9.